The van der Waals surface area contributed by atoms with Crippen molar-refractivity contribution in [1.29, 1.82) is 0 Å². The lowest BCUT2D eigenvalue weighted by atomic mass is 9.87. The largest absolute Gasteiger partial charge is 0.453 e. The summed E-state index contributed by atoms with van der Waals surface area (Å²) < 4.78 is 49.8. The molecule has 0 radical (unpaired) electrons. The highest BCUT2D eigenvalue weighted by atomic mass is 19.3. The SMILES string of the molecule is COC(=O)Nc1ccc2c(c1)NC(=O)CCCCC(c1ccc(-c3c(F)cccc3OC(F)F)cn1)c1cccc-2c1. The maximum absolute atomic E-state index is 14.7. The van der Waals surface area contributed by atoms with Crippen LogP contribution in [0.2, 0.25) is 0 Å². The van der Waals surface area contributed by atoms with Crippen LogP contribution in [-0.4, -0.2) is 30.7 Å². The Morgan fingerprint density at radius 3 is 2.62 bits per heavy atom. The molecule has 0 fully saturated rings. The van der Waals surface area contributed by atoms with Gasteiger partial charge in [0.1, 0.15) is 11.6 Å². The molecule has 0 saturated carbocycles. The molecule has 4 aromatic rings. The average molecular weight is 576 g/mol. The van der Waals surface area contributed by atoms with Gasteiger partial charge in [0.2, 0.25) is 5.91 Å². The number of carbonyl (C=O) groups is 2. The molecule has 2 amide bonds. The number of nitrogens with one attached hydrogen (secondary N) is 2. The third-order valence-electron chi connectivity index (χ3n) is 7.10. The fourth-order valence-electron chi connectivity index (χ4n) is 5.14. The molecule has 1 aromatic heterocycles. The van der Waals surface area contributed by atoms with Crippen molar-refractivity contribution in [3.05, 3.63) is 96.1 Å². The minimum absolute atomic E-state index is 0.0822. The van der Waals surface area contributed by atoms with E-state index < -0.39 is 18.5 Å². The Morgan fingerprint density at radius 2 is 1.86 bits per heavy atom. The van der Waals surface area contributed by atoms with E-state index in [1.165, 1.54) is 31.5 Å². The van der Waals surface area contributed by atoms with Crippen molar-refractivity contribution in [1.82, 2.24) is 4.98 Å². The van der Waals surface area contributed by atoms with Gasteiger partial charge in [-0.25, -0.2) is 9.18 Å². The van der Waals surface area contributed by atoms with E-state index in [1.54, 1.807) is 24.3 Å². The monoisotopic (exact) mass is 575 g/mol. The van der Waals surface area contributed by atoms with Crippen LogP contribution in [0, 0.1) is 5.82 Å². The van der Waals surface area contributed by atoms with Gasteiger partial charge in [-0.2, -0.15) is 8.78 Å². The Bertz CT molecular complexity index is 1590. The van der Waals surface area contributed by atoms with Crippen molar-refractivity contribution in [3.63, 3.8) is 0 Å². The van der Waals surface area contributed by atoms with Crippen LogP contribution in [-0.2, 0) is 9.53 Å². The molecule has 216 valence electrons. The smallest absolute Gasteiger partial charge is 0.411 e. The number of amides is 2. The zero-order valence-electron chi connectivity index (χ0n) is 22.7. The van der Waals surface area contributed by atoms with E-state index in [2.05, 4.69) is 25.1 Å². The Kier molecular flexibility index (Phi) is 8.71. The van der Waals surface area contributed by atoms with Crippen molar-refractivity contribution in [3.8, 4) is 28.0 Å². The van der Waals surface area contributed by atoms with Crippen LogP contribution in [0.1, 0.15) is 42.9 Å². The highest BCUT2D eigenvalue weighted by Gasteiger charge is 2.21. The number of methoxy groups -OCH3 is 1. The molecule has 1 atom stereocenters. The molecule has 42 heavy (non-hydrogen) atoms. The fraction of sp³-hybridized carbons (Fsp3) is 0.219. The second kappa shape index (κ2) is 12.8. The second-order valence-electron chi connectivity index (χ2n) is 9.81. The number of alkyl halides is 2. The molecular weight excluding hydrogens is 547 g/mol. The number of rotatable bonds is 5. The van der Waals surface area contributed by atoms with Crippen LogP contribution in [0.15, 0.2) is 79.0 Å². The molecule has 1 aliphatic heterocycles. The van der Waals surface area contributed by atoms with Gasteiger partial charge in [-0.3, -0.25) is 15.1 Å². The Balaban J connectivity index is 1.51. The summed E-state index contributed by atoms with van der Waals surface area (Å²) in [4.78, 5) is 29.2. The summed E-state index contributed by atoms with van der Waals surface area (Å²) in [6, 6.07) is 20.3. The Hall–Kier alpha value is -4.86. The normalized spacial score (nSPS) is 15.1. The van der Waals surface area contributed by atoms with E-state index in [-0.39, 0.29) is 23.1 Å². The summed E-state index contributed by atoms with van der Waals surface area (Å²) in [5, 5.41) is 5.59. The van der Waals surface area contributed by atoms with Crippen molar-refractivity contribution < 1.29 is 32.2 Å². The lowest BCUT2D eigenvalue weighted by molar-refractivity contribution is -0.116. The Morgan fingerprint density at radius 1 is 1.02 bits per heavy atom. The molecule has 3 aromatic carbocycles. The number of carbonyl (C=O) groups excluding carboxylic acids is 2. The molecule has 7 nitrogen and oxygen atoms in total. The van der Waals surface area contributed by atoms with Crippen LogP contribution in [0.25, 0.3) is 22.3 Å². The third kappa shape index (κ3) is 6.54. The molecule has 2 bridgehead atoms. The molecule has 1 unspecified atom stereocenters. The molecule has 0 spiro atoms. The van der Waals surface area contributed by atoms with Crippen molar-refractivity contribution in [2.45, 2.75) is 38.2 Å². The van der Waals surface area contributed by atoms with Crippen LogP contribution in [0.5, 0.6) is 5.75 Å². The number of pyridine rings is 1. The first-order valence-electron chi connectivity index (χ1n) is 13.4. The minimum Gasteiger partial charge on any atom is -0.453 e. The van der Waals surface area contributed by atoms with Gasteiger partial charge in [-0.1, -0.05) is 48.9 Å². The van der Waals surface area contributed by atoms with Gasteiger partial charge in [0, 0.05) is 41.0 Å². The van der Waals surface area contributed by atoms with Crippen LogP contribution in [0.4, 0.5) is 29.3 Å². The summed E-state index contributed by atoms with van der Waals surface area (Å²) in [7, 11) is 1.27. The number of anilines is 2. The van der Waals surface area contributed by atoms with E-state index in [0.717, 1.165) is 28.8 Å². The summed E-state index contributed by atoms with van der Waals surface area (Å²) in [6.45, 7) is -3.09. The van der Waals surface area contributed by atoms with Crippen molar-refractivity contribution in [2.75, 3.05) is 17.7 Å². The van der Waals surface area contributed by atoms with E-state index in [0.29, 0.717) is 36.2 Å². The molecule has 2 N–H and O–H groups in total. The first-order chi connectivity index (χ1) is 20.3. The molecule has 0 aliphatic carbocycles. The number of halogens is 3. The molecule has 1 aliphatic rings. The number of ether oxygens (including phenoxy) is 2. The molecule has 10 heteroatoms. The molecule has 0 saturated heterocycles. The topological polar surface area (TPSA) is 89.6 Å². The first kappa shape index (κ1) is 28.7. The average Bonchev–Trinajstić information content (AvgIpc) is 2.97. The number of hydrogen-bond acceptors (Lipinski definition) is 5. The number of nitrogens with zero attached hydrogens (tertiary/aromatic N) is 1. The van der Waals surface area contributed by atoms with Crippen molar-refractivity contribution >= 4 is 23.4 Å². The number of aromatic nitrogens is 1. The lowest BCUT2D eigenvalue weighted by Crippen LogP contribution is -2.14. The predicted octanol–water partition coefficient (Wildman–Crippen LogP) is 7.98. The van der Waals surface area contributed by atoms with Crippen LogP contribution < -0.4 is 15.4 Å². The van der Waals surface area contributed by atoms with Crippen molar-refractivity contribution in [2.24, 2.45) is 0 Å². The summed E-state index contributed by atoms with van der Waals surface area (Å²) in [5.74, 6) is -1.24. The lowest BCUT2D eigenvalue weighted by Gasteiger charge is -2.21. The second-order valence-corrected chi connectivity index (χ2v) is 9.81. The van der Waals surface area contributed by atoms with E-state index in [1.807, 2.05) is 30.3 Å². The van der Waals surface area contributed by atoms with Crippen LogP contribution in [0.3, 0.4) is 0 Å². The highest BCUT2D eigenvalue weighted by Crippen LogP contribution is 2.38. The van der Waals surface area contributed by atoms with Crippen LogP contribution >= 0.6 is 0 Å². The van der Waals surface area contributed by atoms with Gasteiger partial charge < -0.3 is 14.8 Å². The van der Waals surface area contributed by atoms with Gasteiger partial charge in [0.25, 0.3) is 0 Å². The third-order valence-corrected chi connectivity index (χ3v) is 7.10. The standard InChI is InChI=1S/C32H28F3N3O4/c1-41-32(40)37-22-13-14-24-20-7-4-6-19(16-20)23(8-2-3-11-29(39)38-27(24)17-22)26-15-12-21(18-36-26)30-25(33)9-5-10-28(30)42-31(34)35/h4-7,9-10,12-18,23,31H,2-3,8,11H2,1H3,(H,37,40)(H,38,39). The van der Waals surface area contributed by atoms with E-state index in [4.69, 9.17) is 0 Å². The van der Waals surface area contributed by atoms with E-state index >= 15 is 0 Å². The number of benzene rings is 3. The fourth-order valence-corrected chi connectivity index (χ4v) is 5.14. The first-order valence-corrected chi connectivity index (χ1v) is 13.4. The molecular formula is C32H28F3N3O4. The van der Waals surface area contributed by atoms with E-state index in [9.17, 15) is 22.8 Å². The molecule has 2 heterocycles. The van der Waals surface area contributed by atoms with Gasteiger partial charge in [-0.05, 0) is 54.3 Å². The quantitative estimate of drug-likeness (QED) is 0.252. The zero-order valence-corrected chi connectivity index (χ0v) is 22.7. The molecule has 5 rings (SSSR count). The Labute approximate surface area is 240 Å². The van der Waals surface area contributed by atoms with Gasteiger partial charge in [0.15, 0.2) is 0 Å². The summed E-state index contributed by atoms with van der Waals surface area (Å²) in [6.07, 6.45) is 3.23. The number of hydrogen-bond donors (Lipinski definition) is 2. The predicted molar refractivity (Wildman–Crippen MR) is 153 cm³/mol. The van der Waals surface area contributed by atoms with Gasteiger partial charge >= 0.3 is 12.7 Å². The zero-order chi connectivity index (χ0) is 29.6. The van der Waals surface area contributed by atoms with Gasteiger partial charge in [0.05, 0.1) is 18.4 Å². The number of fused-ring (bicyclic) bond motifs is 4. The summed E-state index contributed by atoms with van der Waals surface area (Å²) in [5.41, 5.74) is 4.61. The van der Waals surface area contributed by atoms with Gasteiger partial charge in [-0.15, -0.1) is 0 Å². The maximum Gasteiger partial charge on any atom is 0.411 e. The maximum atomic E-state index is 14.7. The minimum atomic E-state index is -3.09. The highest BCUT2D eigenvalue weighted by molar-refractivity contribution is 5.97. The summed E-state index contributed by atoms with van der Waals surface area (Å²) >= 11 is 0.